The Hall–Kier alpha value is -2.74. The third-order valence-electron chi connectivity index (χ3n) is 5.94. The first kappa shape index (κ1) is 19.6. The van der Waals surface area contributed by atoms with Crippen LogP contribution in [0.3, 0.4) is 0 Å². The highest BCUT2D eigenvalue weighted by Gasteiger charge is 2.29. The van der Waals surface area contributed by atoms with Crippen LogP contribution in [-0.4, -0.2) is 75.9 Å². The molecule has 8 heteroatoms. The van der Waals surface area contributed by atoms with E-state index in [1.165, 1.54) is 0 Å². The van der Waals surface area contributed by atoms with Crippen LogP contribution in [-0.2, 0) is 0 Å². The first-order valence-corrected chi connectivity index (χ1v) is 10.3. The van der Waals surface area contributed by atoms with E-state index in [-0.39, 0.29) is 11.8 Å². The molecule has 2 aromatic rings. The second kappa shape index (κ2) is 8.32. The van der Waals surface area contributed by atoms with Crippen molar-refractivity contribution in [1.82, 2.24) is 30.1 Å². The van der Waals surface area contributed by atoms with Gasteiger partial charge in [0.15, 0.2) is 5.69 Å². The number of aryl methyl sites for hydroxylation is 1. The summed E-state index contributed by atoms with van der Waals surface area (Å²) in [6.07, 6.45) is 2.00. The number of nitrogens with zero attached hydrogens (tertiary/aromatic N) is 5. The molecule has 3 heterocycles. The lowest BCUT2D eigenvalue weighted by Crippen LogP contribution is -2.50. The molecule has 1 aromatic heterocycles. The maximum atomic E-state index is 13.0. The number of carbonyl (C=O) groups is 2. The van der Waals surface area contributed by atoms with Crippen LogP contribution in [0.15, 0.2) is 24.3 Å². The van der Waals surface area contributed by atoms with Gasteiger partial charge in [-0.05, 0) is 51.9 Å². The van der Waals surface area contributed by atoms with E-state index >= 15 is 0 Å². The van der Waals surface area contributed by atoms with Crippen molar-refractivity contribution in [1.29, 1.82) is 0 Å². The quantitative estimate of drug-likeness (QED) is 0.848. The predicted octanol–water partition coefficient (Wildman–Crippen LogP) is 1.42. The van der Waals surface area contributed by atoms with E-state index in [2.05, 4.69) is 15.6 Å². The third kappa shape index (κ3) is 4.03. The van der Waals surface area contributed by atoms with Crippen molar-refractivity contribution >= 4 is 11.8 Å². The molecule has 0 saturated carbocycles. The van der Waals surface area contributed by atoms with Crippen molar-refractivity contribution in [3.63, 3.8) is 0 Å². The fraction of sp³-hybridized carbons (Fsp3) is 0.524. The molecule has 1 aromatic carbocycles. The van der Waals surface area contributed by atoms with Gasteiger partial charge >= 0.3 is 0 Å². The van der Waals surface area contributed by atoms with E-state index in [1.54, 1.807) is 4.90 Å². The molecule has 1 N–H and O–H groups in total. The monoisotopic (exact) mass is 396 g/mol. The topological polar surface area (TPSA) is 83.4 Å². The molecule has 0 unspecified atom stereocenters. The van der Waals surface area contributed by atoms with Gasteiger partial charge in [0, 0.05) is 31.7 Å². The summed E-state index contributed by atoms with van der Waals surface area (Å²) in [5.74, 6) is -0.0738. The number of piperazine rings is 1. The minimum absolute atomic E-state index is 0.0186. The number of aromatic nitrogens is 3. The highest BCUT2D eigenvalue weighted by atomic mass is 16.2. The highest BCUT2D eigenvalue weighted by Crippen LogP contribution is 2.21. The third-order valence-corrected chi connectivity index (χ3v) is 5.94. The van der Waals surface area contributed by atoms with Gasteiger partial charge in [-0.3, -0.25) is 9.59 Å². The number of rotatable bonds is 3. The number of hydrogen-bond acceptors (Lipinski definition) is 5. The van der Waals surface area contributed by atoms with Gasteiger partial charge in [-0.25, -0.2) is 4.68 Å². The fourth-order valence-electron chi connectivity index (χ4n) is 4.08. The van der Waals surface area contributed by atoms with Crippen LogP contribution in [0.2, 0.25) is 0 Å². The molecule has 4 rings (SSSR count). The average Bonchev–Trinajstić information content (AvgIpc) is 3.15. The zero-order valence-corrected chi connectivity index (χ0v) is 17.1. The molecular weight excluding hydrogens is 368 g/mol. The van der Waals surface area contributed by atoms with Crippen LogP contribution < -0.4 is 5.32 Å². The Kier molecular flexibility index (Phi) is 5.62. The van der Waals surface area contributed by atoms with Gasteiger partial charge in [0.05, 0.1) is 11.7 Å². The van der Waals surface area contributed by atoms with Crippen LogP contribution in [0.5, 0.6) is 0 Å². The zero-order valence-electron chi connectivity index (χ0n) is 17.1. The number of piperidine rings is 1. The predicted molar refractivity (Wildman–Crippen MR) is 109 cm³/mol. The second-order valence-corrected chi connectivity index (χ2v) is 7.90. The summed E-state index contributed by atoms with van der Waals surface area (Å²) in [6.45, 7) is 7.93. The van der Waals surface area contributed by atoms with Gasteiger partial charge in [0.2, 0.25) is 0 Å². The second-order valence-electron chi connectivity index (χ2n) is 7.90. The Morgan fingerprint density at radius 2 is 1.52 bits per heavy atom. The number of hydrogen-bond donors (Lipinski definition) is 1. The van der Waals surface area contributed by atoms with E-state index in [4.69, 9.17) is 0 Å². The maximum absolute atomic E-state index is 13.0. The Bertz CT molecular complexity index is 877. The van der Waals surface area contributed by atoms with Crippen molar-refractivity contribution in [3.05, 3.63) is 46.8 Å². The van der Waals surface area contributed by atoms with Crippen molar-refractivity contribution < 1.29 is 9.59 Å². The molecule has 0 bridgehead atoms. The summed E-state index contributed by atoms with van der Waals surface area (Å²) in [6, 6.07) is 7.91. The van der Waals surface area contributed by atoms with Gasteiger partial charge < -0.3 is 15.1 Å². The molecular formula is C21H28N6O2. The summed E-state index contributed by atoms with van der Waals surface area (Å²) < 4.78 is 1.91. The lowest BCUT2D eigenvalue weighted by Gasteiger charge is -2.34. The maximum Gasteiger partial charge on any atom is 0.276 e. The van der Waals surface area contributed by atoms with Crippen LogP contribution in [0.4, 0.5) is 0 Å². The Morgan fingerprint density at radius 1 is 0.931 bits per heavy atom. The Labute approximate surface area is 170 Å². The molecule has 154 valence electrons. The van der Waals surface area contributed by atoms with Crippen LogP contribution in [0.1, 0.15) is 51.0 Å². The van der Waals surface area contributed by atoms with Gasteiger partial charge in [0.25, 0.3) is 11.8 Å². The van der Waals surface area contributed by atoms with E-state index in [9.17, 15) is 9.59 Å². The summed E-state index contributed by atoms with van der Waals surface area (Å²) in [5, 5.41) is 11.8. The van der Waals surface area contributed by atoms with Gasteiger partial charge in [-0.15, -0.1) is 5.10 Å². The van der Waals surface area contributed by atoms with Crippen molar-refractivity contribution in [2.24, 2.45) is 0 Å². The van der Waals surface area contributed by atoms with Gasteiger partial charge in [-0.2, -0.15) is 0 Å². The summed E-state index contributed by atoms with van der Waals surface area (Å²) in [7, 11) is 0. The lowest BCUT2D eigenvalue weighted by molar-refractivity contribution is 0.0531. The Balaban J connectivity index is 1.38. The normalized spacial score (nSPS) is 18.1. The number of amides is 2. The van der Waals surface area contributed by atoms with Crippen LogP contribution in [0, 0.1) is 13.8 Å². The van der Waals surface area contributed by atoms with Crippen LogP contribution >= 0.6 is 0 Å². The molecule has 0 atom stereocenters. The van der Waals surface area contributed by atoms with Crippen LogP contribution in [0.25, 0.3) is 0 Å². The minimum atomic E-state index is -0.0925. The number of nitrogens with one attached hydrogen (secondary N) is 1. The molecule has 2 aliphatic heterocycles. The molecule has 2 amide bonds. The number of benzene rings is 1. The number of carbonyl (C=O) groups excluding carboxylic acids is 2. The molecule has 29 heavy (non-hydrogen) atoms. The fourth-order valence-corrected chi connectivity index (χ4v) is 4.08. The first-order valence-electron chi connectivity index (χ1n) is 10.3. The molecule has 0 spiro atoms. The summed E-state index contributed by atoms with van der Waals surface area (Å²) in [5.41, 5.74) is 3.09. The standard InChI is InChI=1S/C21H28N6O2/c1-15-3-5-17(6-4-15)20(28)25-11-13-26(14-12-25)21(29)19-16(2)27(24-23-19)18-7-9-22-10-8-18/h3-6,18,22H,7-14H2,1-2H3. The van der Waals surface area contributed by atoms with Crippen molar-refractivity contribution in [2.45, 2.75) is 32.7 Å². The van der Waals surface area contributed by atoms with E-state index in [0.29, 0.717) is 43.5 Å². The van der Waals surface area contributed by atoms with E-state index in [1.807, 2.05) is 47.7 Å². The molecule has 0 radical (unpaired) electrons. The smallest absolute Gasteiger partial charge is 0.276 e. The van der Waals surface area contributed by atoms with Gasteiger partial charge in [0.1, 0.15) is 0 Å². The first-order chi connectivity index (χ1) is 14.0. The lowest BCUT2D eigenvalue weighted by atomic mass is 10.1. The summed E-state index contributed by atoms with van der Waals surface area (Å²) in [4.78, 5) is 29.3. The highest BCUT2D eigenvalue weighted by molar-refractivity contribution is 5.95. The molecule has 0 aliphatic carbocycles. The molecule has 2 saturated heterocycles. The SMILES string of the molecule is Cc1ccc(C(=O)N2CCN(C(=O)c3nnn(C4CCNCC4)c3C)CC2)cc1. The van der Waals surface area contributed by atoms with Gasteiger partial charge in [-0.1, -0.05) is 22.9 Å². The van der Waals surface area contributed by atoms with E-state index < -0.39 is 0 Å². The molecule has 8 nitrogen and oxygen atoms in total. The molecule has 2 aliphatic rings. The van der Waals surface area contributed by atoms with Crippen molar-refractivity contribution in [2.75, 3.05) is 39.3 Å². The summed E-state index contributed by atoms with van der Waals surface area (Å²) >= 11 is 0. The zero-order chi connectivity index (χ0) is 20.4. The van der Waals surface area contributed by atoms with E-state index in [0.717, 1.165) is 37.2 Å². The van der Waals surface area contributed by atoms with Crippen molar-refractivity contribution in [3.8, 4) is 0 Å². The molecule has 2 fully saturated rings. The average molecular weight is 396 g/mol. The Morgan fingerprint density at radius 3 is 2.14 bits per heavy atom. The largest absolute Gasteiger partial charge is 0.335 e. The minimum Gasteiger partial charge on any atom is -0.335 e.